The Kier molecular flexibility index (Phi) is 9.04. The van der Waals surface area contributed by atoms with E-state index < -0.39 is 4.92 Å². The standard InChI is InChI=1S/C28H25ClN2O6S/c1-2-36-24-16-21(15-23(29)26(24)37-18-20-10-6-12-22(14-20)31(34)35)17-25-27(32)30(28(33)38-25)13-7-11-19-8-4-3-5-9-19/h3-6,8-10,12,14-17H,2,7,11,13,18H2,1H3/b25-17+. The molecule has 1 aliphatic rings. The topological polar surface area (TPSA) is 99.0 Å². The van der Waals surface area contributed by atoms with Gasteiger partial charge in [-0.3, -0.25) is 24.6 Å². The Hall–Kier alpha value is -3.82. The first-order chi connectivity index (χ1) is 18.4. The fourth-order valence-corrected chi connectivity index (χ4v) is 5.06. The Bertz CT molecular complexity index is 1380. The predicted octanol–water partition coefficient (Wildman–Crippen LogP) is 6.90. The molecule has 0 atom stereocenters. The molecule has 4 rings (SSSR count). The number of halogens is 1. The zero-order valence-electron chi connectivity index (χ0n) is 20.6. The zero-order valence-corrected chi connectivity index (χ0v) is 22.2. The number of benzene rings is 3. The van der Waals surface area contributed by atoms with Crippen molar-refractivity contribution in [2.45, 2.75) is 26.4 Å². The third kappa shape index (κ3) is 6.73. The third-order valence-corrected chi connectivity index (χ3v) is 6.89. The van der Waals surface area contributed by atoms with E-state index >= 15 is 0 Å². The number of nitrogens with zero attached hydrogens (tertiary/aromatic N) is 2. The molecule has 0 saturated carbocycles. The van der Waals surface area contributed by atoms with E-state index in [2.05, 4.69) is 0 Å². The molecule has 0 N–H and O–H groups in total. The highest BCUT2D eigenvalue weighted by Crippen LogP contribution is 2.39. The maximum atomic E-state index is 12.9. The second kappa shape index (κ2) is 12.6. The van der Waals surface area contributed by atoms with Crippen molar-refractivity contribution in [3.63, 3.8) is 0 Å². The zero-order chi connectivity index (χ0) is 27.1. The number of aryl methyl sites for hydroxylation is 1. The minimum Gasteiger partial charge on any atom is -0.490 e. The van der Waals surface area contributed by atoms with Gasteiger partial charge in [-0.25, -0.2) is 0 Å². The third-order valence-electron chi connectivity index (χ3n) is 5.70. The SMILES string of the molecule is CCOc1cc(/C=C2/SC(=O)N(CCCc3ccccc3)C2=O)cc(Cl)c1OCc1cccc([N+](=O)[O-])c1. The first kappa shape index (κ1) is 27.2. The maximum Gasteiger partial charge on any atom is 0.293 e. The molecule has 10 heteroatoms. The van der Waals surface area contributed by atoms with Crippen molar-refractivity contribution < 1.29 is 24.0 Å². The minimum absolute atomic E-state index is 0.0356. The number of nitro benzene ring substituents is 1. The van der Waals surface area contributed by atoms with E-state index in [1.54, 1.807) is 30.3 Å². The second-order valence-electron chi connectivity index (χ2n) is 8.40. The summed E-state index contributed by atoms with van der Waals surface area (Å²) in [6.07, 6.45) is 3.06. The molecule has 0 radical (unpaired) electrons. The van der Waals surface area contributed by atoms with Gasteiger partial charge in [0.2, 0.25) is 0 Å². The molecular weight excluding hydrogens is 528 g/mol. The highest BCUT2D eigenvalue weighted by Gasteiger charge is 2.34. The molecule has 38 heavy (non-hydrogen) atoms. The number of carbonyl (C=O) groups is 2. The number of amides is 2. The van der Waals surface area contributed by atoms with Crippen LogP contribution in [-0.2, 0) is 17.8 Å². The average Bonchev–Trinajstić information content (AvgIpc) is 3.16. The summed E-state index contributed by atoms with van der Waals surface area (Å²) < 4.78 is 11.6. The number of thioether (sulfide) groups is 1. The van der Waals surface area contributed by atoms with Gasteiger partial charge in [-0.15, -0.1) is 0 Å². The number of non-ortho nitro benzene ring substituents is 1. The molecule has 1 heterocycles. The van der Waals surface area contributed by atoms with Crippen LogP contribution < -0.4 is 9.47 Å². The number of imide groups is 1. The van der Waals surface area contributed by atoms with E-state index in [0.717, 1.165) is 23.7 Å². The van der Waals surface area contributed by atoms with Crippen molar-refractivity contribution in [2.75, 3.05) is 13.2 Å². The van der Waals surface area contributed by atoms with Gasteiger partial charge >= 0.3 is 0 Å². The van der Waals surface area contributed by atoms with Crippen LogP contribution in [0.1, 0.15) is 30.0 Å². The fraction of sp³-hybridized carbons (Fsp3) is 0.214. The Morgan fingerprint density at radius 3 is 2.53 bits per heavy atom. The van der Waals surface area contributed by atoms with Crippen molar-refractivity contribution in [3.8, 4) is 11.5 Å². The van der Waals surface area contributed by atoms with Gasteiger partial charge in [0.25, 0.3) is 16.8 Å². The van der Waals surface area contributed by atoms with Crippen molar-refractivity contribution in [2.24, 2.45) is 0 Å². The van der Waals surface area contributed by atoms with Gasteiger partial charge in [0, 0.05) is 18.7 Å². The summed E-state index contributed by atoms with van der Waals surface area (Å²) in [5.74, 6) is 0.304. The second-order valence-corrected chi connectivity index (χ2v) is 9.80. The summed E-state index contributed by atoms with van der Waals surface area (Å²) in [4.78, 5) is 37.6. The lowest BCUT2D eigenvalue weighted by molar-refractivity contribution is -0.384. The van der Waals surface area contributed by atoms with E-state index in [-0.39, 0.29) is 34.2 Å². The van der Waals surface area contributed by atoms with Crippen molar-refractivity contribution in [1.29, 1.82) is 0 Å². The molecule has 0 spiro atoms. The van der Waals surface area contributed by atoms with Crippen LogP contribution in [0.3, 0.4) is 0 Å². The van der Waals surface area contributed by atoms with Gasteiger partial charge < -0.3 is 9.47 Å². The number of ether oxygens (including phenoxy) is 2. The lowest BCUT2D eigenvalue weighted by Crippen LogP contribution is -2.29. The lowest BCUT2D eigenvalue weighted by atomic mass is 10.1. The summed E-state index contributed by atoms with van der Waals surface area (Å²) in [7, 11) is 0. The molecular formula is C28H25ClN2O6S. The van der Waals surface area contributed by atoms with Crippen molar-refractivity contribution in [1.82, 2.24) is 4.90 Å². The van der Waals surface area contributed by atoms with Crippen LogP contribution in [0.2, 0.25) is 5.02 Å². The molecule has 196 valence electrons. The maximum absolute atomic E-state index is 12.9. The molecule has 0 bridgehead atoms. The Labute approximate surface area is 229 Å². The fourth-order valence-electron chi connectivity index (χ4n) is 3.92. The minimum atomic E-state index is -0.470. The number of rotatable bonds is 11. The number of hydrogen-bond donors (Lipinski definition) is 0. The Morgan fingerprint density at radius 2 is 1.79 bits per heavy atom. The summed E-state index contributed by atoms with van der Waals surface area (Å²) in [5.41, 5.74) is 2.30. The highest BCUT2D eigenvalue weighted by atomic mass is 35.5. The highest BCUT2D eigenvalue weighted by molar-refractivity contribution is 8.18. The molecule has 1 saturated heterocycles. The molecule has 3 aromatic carbocycles. The molecule has 1 aliphatic heterocycles. The van der Waals surface area contributed by atoms with Gasteiger partial charge in [-0.05, 0) is 66.4 Å². The first-order valence-electron chi connectivity index (χ1n) is 12.0. The molecule has 8 nitrogen and oxygen atoms in total. The van der Waals surface area contributed by atoms with Gasteiger partial charge in [-0.1, -0.05) is 54.1 Å². The van der Waals surface area contributed by atoms with E-state index in [9.17, 15) is 19.7 Å². The summed E-state index contributed by atoms with van der Waals surface area (Å²) in [6.45, 7) is 2.53. The number of nitro groups is 1. The Balaban J connectivity index is 1.47. The smallest absolute Gasteiger partial charge is 0.293 e. The van der Waals surface area contributed by atoms with Gasteiger partial charge in [0.05, 0.1) is 21.5 Å². The first-order valence-corrected chi connectivity index (χ1v) is 13.2. The molecule has 1 fully saturated rings. The molecule has 0 aliphatic carbocycles. The quantitative estimate of drug-likeness (QED) is 0.145. The van der Waals surface area contributed by atoms with Crippen LogP contribution in [0, 0.1) is 10.1 Å². The predicted molar refractivity (Wildman–Crippen MR) is 147 cm³/mol. The van der Waals surface area contributed by atoms with E-state index in [0.29, 0.717) is 41.4 Å². The van der Waals surface area contributed by atoms with E-state index in [1.165, 1.54) is 17.0 Å². The summed E-state index contributed by atoms with van der Waals surface area (Å²) in [6, 6.07) is 19.3. The van der Waals surface area contributed by atoms with Gasteiger partial charge in [0.1, 0.15) is 6.61 Å². The van der Waals surface area contributed by atoms with Crippen LogP contribution in [-0.4, -0.2) is 34.1 Å². The van der Waals surface area contributed by atoms with Crippen molar-refractivity contribution >= 4 is 46.3 Å². The van der Waals surface area contributed by atoms with Crippen LogP contribution in [0.5, 0.6) is 11.5 Å². The largest absolute Gasteiger partial charge is 0.490 e. The average molecular weight is 553 g/mol. The Morgan fingerprint density at radius 1 is 1.03 bits per heavy atom. The van der Waals surface area contributed by atoms with Gasteiger partial charge in [0.15, 0.2) is 11.5 Å². The number of carbonyl (C=O) groups excluding carboxylic acids is 2. The summed E-state index contributed by atoms with van der Waals surface area (Å²) in [5, 5.41) is 11.0. The van der Waals surface area contributed by atoms with Crippen LogP contribution in [0.25, 0.3) is 6.08 Å². The normalized spacial score (nSPS) is 14.3. The lowest BCUT2D eigenvalue weighted by Gasteiger charge is -2.15. The molecule has 0 unspecified atom stereocenters. The van der Waals surface area contributed by atoms with Gasteiger partial charge in [-0.2, -0.15) is 0 Å². The number of hydrogen-bond acceptors (Lipinski definition) is 7. The van der Waals surface area contributed by atoms with E-state index in [1.807, 2.05) is 37.3 Å². The molecule has 2 amide bonds. The van der Waals surface area contributed by atoms with Crippen LogP contribution >= 0.6 is 23.4 Å². The van der Waals surface area contributed by atoms with E-state index in [4.69, 9.17) is 21.1 Å². The van der Waals surface area contributed by atoms with Crippen molar-refractivity contribution in [3.05, 3.63) is 103 Å². The molecule has 0 aromatic heterocycles. The monoisotopic (exact) mass is 552 g/mol. The van der Waals surface area contributed by atoms with Crippen LogP contribution in [0.4, 0.5) is 10.5 Å². The van der Waals surface area contributed by atoms with Crippen LogP contribution in [0.15, 0.2) is 71.6 Å². The summed E-state index contributed by atoms with van der Waals surface area (Å²) >= 11 is 7.40. The molecule has 3 aromatic rings.